The minimum Gasteiger partial charge on any atom is -0.309 e. The van der Waals surface area contributed by atoms with Gasteiger partial charge in [0.05, 0.1) is 0 Å². The highest BCUT2D eigenvalue weighted by Gasteiger charge is 2.35. The van der Waals surface area contributed by atoms with Gasteiger partial charge in [0.25, 0.3) is 0 Å². The van der Waals surface area contributed by atoms with Crippen molar-refractivity contribution < 1.29 is 13.2 Å². The maximum Gasteiger partial charge on any atom is 0.443 e. The van der Waals surface area contributed by atoms with E-state index in [-0.39, 0.29) is 6.04 Å². The first-order chi connectivity index (χ1) is 9.50. The van der Waals surface area contributed by atoms with Gasteiger partial charge in [0.15, 0.2) is 5.01 Å². The standard InChI is InChI=1S/C14H21F3N2S/c1-2-18-11(8-10-6-4-3-5-7-10)12-9-19-13(20-12)14(15,16)17/h9-11,18H,2-8H2,1H3. The van der Waals surface area contributed by atoms with Crippen LogP contribution in [0.15, 0.2) is 6.20 Å². The zero-order valence-corrected chi connectivity index (χ0v) is 12.5. The van der Waals surface area contributed by atoms with Gasteiger partial charge in [0.2, 0.25) is 0 Å². The number of hydrogen-bond acceptors (Lipinski definition) is 3. The molecule has 114 valence electrons. The zero-order chi connectivity index (χ0) is 14.6. The van der Waals surface area contributed by atoms with E-state index < -0.39 is 11.2 Å². The highest BCUT2D eigenvalue weighted by Crippen LogP contribution is 2.37. The normalized spacial score (nSPS) is 19.2. The van der Waals surface area contributed by atoms with Crippen LogP contribution in [0.5, 0.6) is 0 Å². The van der Waals surface area contributed by atoms with E-state index in [0.29, 0.717) is 10.8 Å². The lowest BCUT2D eigenvalue weighted by atomic mass is 9.84. The van der Waals surface area contributed by atoms with Crippen LogP contribution in [0.1, 0.15) is 61.4 Å². The Hall–Kier alpha value is -0.620. The second kappa shape index (κ2) is 6.89. The molecule has 0 amide bonds. The van der Waals surface area contributed by atoms with E-state index in [1.54, 1.807) is 0 Å². The summed E-state index contributed by atoms with van der Waals surface area (Å²) in [6.45, 7) is 2.75. The van der Waals surface area contributed by atoms with Crippen LogP contribution in [-0.4, -0.2) is 11.5 Å². The smallest absolute Gasteiger partial charge is 0.309 e. The summed E-state index contributed by atoms with van der Waals surface area (Å²) in [5.41, 5.74) is 0. The molecule has 1 atom stereocenters. The average Bonchev–Trinajstić information content (AvgIpc) is 2.89. The van der Waals surface area contributed by atoms with Gasteiger partial charge in [0, 0.05) is 17.1 Å². The second-order valence-electron chi connectivity index (χ2n) is 5.42. The summed E-state index contributed by atoms with van der Waals surface area (Å²) < 4.78 is 37.9. The van der Waals surface area contributed by atoms with Crippen molar-refractivity contribution in [3.63, 3.8) is 0 Å². The molecule has 2 nitrogen and oxygen atoms in total. The molecule has 1 N–H and O–H groups in total. The Bertz CT molecular complexity index is 411. The van der Waals surface area contributed by atoms with E-state index >= 15 is 0 Å². The number of aromatic nitrogens is 1. The van der Waals surface area contributed by atoms with Crippen LogP contribution in [0.3, 0.4) is 0 Å². The molecule has 0 spiro atoms. The van der Waals surface area contributed by atoms with Crippen molar-refractivity contribution in [1.82, 2.24) is 10.3 Å². The van der Waals surface area contributed by atoms with Crippen molar-refractivity contribution in [2.45, 2.75) is 57.7 Å². The molecule has 20 heavy (non-hydrogen) atoms. The van der Waals surface area contributed by atoms with Crippen molar-refractivity contribution in [3.8, 4) is 0 Å². The first-order valence-electron chi connectivity index (χ1n) is 7.27. The monoisotopic (exact) mass is 306 g/mol. The number of nitrogens with one attached hydrogen (secondary N) is 1. The van der Waals surface area contributed by atoms with Crippen LogP contribution in [0, 0.1) is 5.92 Å². The van der Waals surface area contributed by atoms with Gasteiger partial charge in [-0.15, -0.1) is 11.3 Å². The molecule has 1 fully saturated rings. The molecule has 0 bridgehead atoms. The summed E-state index contributed by atoms with van der Waals surface area (Å²) in [6, 6.07) is 0.0108. The second-order valence-corrected chi connectivity index (χ2v) is 6.48. The molecule has 1 aliphatic carbocycles. The van der Waals surface area contributed by atoms with Crippen molar-refractivity contribution in [2.75, 3.05) is 6.54 Å². The van der Waals surface area contributed by atoms with E-state index in [4.69, 9.17) is 0 Å². The fourth-order valence-electron chi connectivity index (χ4n) is 2.88. The van der Waals surface area contributed by atoms with Crippen LogP contribution in [0.4, 0.5) is 13.2 Å². The fourth-order valence-corrected chi connectivity index (χ4v) is 3.75. The lowest BCUT2D eigenvalue weighted by molar-refractivity contribution is -0.137. The van der Waals surface area contributed by atoms with E-state index in [1.165, 1.54) is 38.3 Å². The molecule has 0 saturated heterocycles. The Morgan fingerprint density at radius 2 is 2.05 bits per heavy atom. The quantitative estimate of drug-likeness (QED) is 0.846. The van der Waals surface area contributed by atoms with Gasteiger partial charge in [-0.1, -0.05) is 39.0 Å². The number of hydrogen-bond donors (Lipinski definition) is 1. The van der Waals surface area contributed by atoms with E-state index in [0.717, 1.165) is 24.3 Å². The molecule has 1 heterocycles. The third kappa shape index (κ3) is 4.19. The van der Waals surface area contributed by atoms with Crippen molar-refractivity contribution >= 4 is 11.3 Å². The zero-order valence-electron chi connectivity index (χ0n) is 11.7. The highest BCUT2D eigenvalue weighted by molar-refractivity contribution is 7.11. The van der Waals surface area contributed by atoms with Gasteiger partial charge in [-0.05, 0) is 18.9 Å². The molecular formula is C14H21F3N2S. The Morgan fingerprint density at radius 1 is 1.35 bits per heavy atom. The molecular weight excluding hydrogens is 285 g/mol. The molecule has 0 aromatic carbocycles. The first kappa shape index (κ1) is 15.8. The molecule has 1 aromatic rings. The van der Waals surface area contributed by atoms with Crippen LogP contribution < -0.4 is 5.32 Å². The van der Waals surface area contributed by atoms with Gasteiger partial charge < -0.3 is 5.32 Å². The summed E-state index contributed by atoms with van der Waals surface area (Å²) in [7, 11) is 0. The van der Waals surface area contributed by atoms with Crippen LogP contribution in [0.25, 0.3) is 0 Å². The molecule has 1 aliphatic rings. The summed E-state index contributed by atoms with van der Waals surface area (Å²) in [4.78, 5) is 4.25. The van der Waals surface area contributed by atoms with Crippen LogP contribution in [0.2, 0.25) is 0 Å². The SMILES string of the molecule is CCNC(CC1CCCCC1)c1cnc(C(F)(F)F)s1. The Labute approximate surface area is 121 Å². The molecule has 2 rings (SSSR count). The number of halogens is 3. The summed E-state index contributed by atoms with van der Waals surface area (Å²) in [6.07, 6.45) is 4.18. The largest absolute Gasteiger partial charge is 0.443 e. The van der Waals surface area contributed by atoms with Gasteiger partial charge in [-0.2, -0.15) is 13.2 Å². The first-order valence-corrected chi connectivity index (χ1v) is 8.08. The predicted molar refractivity (Wildman–Crippen MR) is 74.7 cm³/mol. The Morgan fingerprint density at radius 3 is 2.60 bits per heavy atom. The van der Waals surface area contributed by atoms with Crippen molar-refractivity contribution in [3.05, 3.63) is 16.1 Å². The number of nitrogens with zero attached hydrogens (tertiary/aromatic N) is 1. The fraction of sp³-hybridized carbons (Fsp3) is 0.786. The predicted octanol–water partition coefficient (Wildman–Crippen LogP) is 4.78. The van der Waals surface area contributed by atoms with E-state index in [9.17, 15) is 13.2 Å². The molecule has 6 heteroatoms. The van der Waals surface area contributed by atoms with Gasteiger partial charge >= 0.3 is 6.18 Å². The maximum absolute atomic E-state index is 12.6. The average molecular weight is 306 g/mol. The van der Waals surface area contributed by atoms with Gasteiger partial charge in [-0.3, -0.25) is 0 Å². The lowest BCUT2D eigenvalue weighted by Crippen LogP contribution is -2.23. The Kier molecular flexibility index (Phi) is 5.43. The molecule has 0 aliphatic heterocycles. The molecule has 1 saturated carbocycles. The van der Waals surface area contributed by atoms with E-state index in [1.807, 2.05) is 6.92 Å². The molecule has 1 aromatic heterocycles. The van der Waals surface area contributed by atoms with Crippen LogP contribution in [-0.2, 0) is 6.18 Å². The molecule has 1 unspecified atom stereocenters. The third-order valence-electron chi connectivity index (χ3n) is 3.85. The number of alkyl halides is 3. The summed E-state index contributed by atoms with van der Waals surface area (Å²) >= 11 is 0.778. The van der Waals surface area contributed by atoms with E-state index in [2.05, 4.69) is 10.3 Å². The maximum atomic E-state index is 12.6. The highest BCUT2D eigenvalue weighted by atomic mass is 32.1. The van der Waals surface area contributed by atoms with Gasteiger partial charge in [0.1, 0.15) is 0 Å². The van der Waals surface area contributed by atoms with Gasteiger partial charge in [-0.25, -0.2) is 4.98 Å². The Balaban J connectivity index is 2.05. The van der Waals surface area contributed by atoms with Crippen molar-refractivity contribution in [2.24, 2.45) is 5.92 Å². The topological polar surface area (TPSA) is 24.9 Å². The molecule has 0 radical (unpaired) electrons. The number of rotatable bonds is 5. The minimum absolute atomic E-state index is 0.0108. The minimum atomic E-state index is -4.33. The van der Waals surface area contributed by atoms with Crippen LogP contribution >= 0.6 is 11.3 Å². The third-order valence-corrected chi connectivity index (χ3v) is 5.01. The lowest BCUT2D eigenvalue weighted by Gasteiger charge is -2.26. The van der Waals surface area contributed by atoms with Crippen molar-refractivity contribution in [1.29, 1.82) is 0 Å². The summed E-state index contributed by atoms with van der Waals surface area (Å²) in [5, 5.41) is 2.58. The summed E-state index contributed by atoms with van der Waals surface area (Å²) in [5.74, 6) is 0.629. The number of thiazole rings is 1.